The maximum Gasteiger partial charge on any atom is 0.230 e. The van der Waals surface area contributed by atoms with E-state index in [1.807, 2.05) is 6.08 Å². The SMILES string of the molecule is C=CCC(C)(C1CCC(C)CC1)C1OO1. The van der Waals surface area contributed by atoms with Crippen molar-refractivity contribution in [1.82, 2.24) is 0 Å². The Morgan fingerprint density at radius 1 is 1.27 bits per heavy atom. The standard InChI is InChI=1S/C13H22O2/c1-4-9-13(3,12-14-15-12)11-7-5-10(2)6-8-11/h4,10-12H,1,5-9H2,2-3H3. The summed E-state index contributed by atoms with van der Waals surface area (Å²) in [5, 5.41) is 0. The van der Waals surface area contributed by atoms with Crippen molar-refractivity contribution in [2.75, 3.05) is 0 Å². The van der Waals surface area contributed by atoms with Gasteiger partial charge in [-0.1, -0.05) is 32.8 Å². The van der Waals surface area contributed by atoms with Gasteiger partial charge in [-0.05, 0) is 31.1 Å². The van der Waals surface area contributed by atoms with E-state index in [4.69, 9.17) is 9.78 Å². The second-order valence-electron chi connectivity index (χ2n) is 5.48. The molecule has 2 heteroatoms. The Kier molecular flexibility index (Phi) is 3.17. The molecule has 1 saturated carbocycles. The second kappa shape index (κ2) is 4.26. The van der Waals surface area contributed by atoms with Gasteiger partial charge in [-0.2, -0.15) is 9.78 Å². The molecule has 86 valence electrons. The molecule has 2 rings (SSSR count). The van der Waals surface area contributed by atoms with E-state index in [9.17, 15) is 0 Å². The molecule has 1 heterocycles. The molecule has 1 aliphatic carbocycles. The van der Waals surface area contributed by atoms with E-state index in [0.717, 1.165) is 18.3 Å². The van der Waals surface area contributed by atoms with Gasteiger partial charge in [-0.3, -0.25) is 0 Å². The van der Waals surface area contributed by atoms with Gasteiger partial charge in [-0.15, -0.1) is 6.58 Å². The van der Waals surface area contributed by atoms with E-state index in [0.29, 0.717) is 0 Å². The molecule has 0 bridgehead atoms. The lowest BCUT2D eigenvalue weighted by Crippen LogP contribution is -2.35. The quantitative estimate of drug-likeness (QED) is 0.402. The summed E-state index contributed by atoms with van der Waals surface area (Å²) >= 11 is 0. The number of allylic oxidation sites excluding steroid dienone is 1. The van der Waals surface area contributed by atoms with Gasteiger partial charge in [0.15, 0.2) is 0 Å². The highest BCUT2D eigenvalue weighted by atomic mass is 17.4. The van der Waals surface area contributed by atoms with E-state index in [1.54, 1.807) is 0 Å². The highest BCUT2D eigenvalue weighted by Gasteiger charge is 2.50. The van der Waals surface area contributed by atoms with E-state index in [2.05, 4.69) is 20.4 Å². The average molecular weight is 210 g/mol. The van der Waals surface area contributed by atoms with Gasteiger partial charge in [0.2, 0.25) is 6.29 Å². The van der Waals surface area contributed by atoms with Gasteiger partial charge in [-0.25, -0.2) is 0 Å². The van der Waals surface area contributed by atoms with E-state index >= 15 is 0 Å². The highest BCUT2D eigenvalue weighted by Crippen LogP contribution is 2.49. The van der Waals surface area contributed by atoms with Crippen molar-refractivity contribution in [3.05, 3.63) is 12.7 Å². The van der Waals surface area contributed by atoms with Crippen LogP contribution < -0.4 is 0 Å². The molecule has 2 nitrogen and oxygen atoms in total. The van der Waals surface area contributed by atoms with Crippen LogP contribution in [0, 0.1) is 17.3 Å². The molecule has 0 radical (unpaired) electrons. The van der Waals surface area contributed by atoms with Crippen LogP contribution in [-0.4, -0.2) is 6.29 Å². The van der Waals surface area contributed by atoms with Crippen molar-refractivity contribution in [2.24, 2.45) is 17.3 Å². The van der Waals surface area contributed by atoms with Gasteiger partial charge in [0, 0.05) is 5.41 Å². The lowest BCUT2D eigenvalue weighted by molar-refractivity contribution is 0.0850. The Morgan fingerprint density at radius 2 is 1.87 bits per heavy atom. The maximum absolute atomic E-state index is 5.06. The fourth-order valence-corrected chi connectivity index (χ4v) is 2.93. The van der Waals surface area contributed by atoms with Crippen LogP contribution in [0.5, 0.6) is 0 Å². The molecule has 15 heavy (non-hydrogen) atoms. The topological polar surface area (TPSA) is 25.1 Å². The fourth-order valence-electron chi connectivity index (χ4n) is 2.93. The molecule has 0 aromatic carbocycles. The fraction of sp³-hybridized carbons (Fsp3) is 0.846. The van der Waals surface area contributed by atoms with Crippen LogP contribution in [-0.2, 0) is 9.78 Å². The minimum absolute atomic E-state index is 0.0221. The minimum Gasteiger partial charge on any atom is -0.198 e. The summed E-state index contributed by atoms with van der Waals surface area (Å²) in [7, 11) is 0. The third kappa shape index (κ3) is 2.26. The summed E-state index contributed by atoms with van der Waals surface area (Å²) in [6.45, 7) is 8.49. The Hall–Kier alpha value is -0.340. The van der Waals surface area contributed by atoms with Crippen molar-refractivity contribution in [2.45, 2.75) is 52.2 Å². The first-order valence-electron chi connectivity index (χ1n) is 6.10. The van der Waals surface area contributed by atoms with Gasteiger partial charge in [0.1, 0.15) is 0 Å². The first kappa shape index (κ1) is 11.2. The first-order chi connectivity index (χ1) is 7.16. The molecule has 0 aromatic heterocycles. The van der Waals surface area contributed by atoms with Crippen molar-refractivity contribution in [3.63, 3.8) is 0 Å². The second-order valence-corrected chi connectivity index (χ2v) is 5.48. The smallest absolute Gasteiger partial charge is 0.198 e. The molecule has 1 unspecified atom stereocenters. The number of hydrogen-bond donors (Lipinski definition) is 0. The zero-order valence-electron chi connectivity index (χ0n) is 9.87. The molecule has 1 atom stereocenters. The summed E-state index contributed by atoms with van der Waals surface area (Å²) < 4.78 is 0. The van der Waals surface area contributed by atoms with Crippen molar-refractivity contribution in [3.8, 4) is 0 Å². The van der Waals surface area contributed by atoms with E-state index in [-0.39, 0.29) is 11.7 Å². The summed E-state index contributed by atoms with van der Waals surface area (Å²) in [6.07, 6.45) is 8.35. The molecular weight excluding hydrogens is 188 g/mol. The number of hydrogen-bond acceptors (Lipinski definition) is 2. The Morgan fingerprint density at radius 3 is 2.33 bits per heavy atom. The van der Waals surface area contributed by atoms with E-state index in [1.165, 1.54) is 25.7 Å². The van der Waals surface area contributed by atoms with Crippen molar-refractivity contribution >= 4 is 0 Å². The number of rotatable bonds is 4. The Balaban J connectivity index is 2.00. The third-order valence-corrected chi connectivity index (χ3v) is 4.26. The maximum atomic E-state index is 5.06. The molecule has 0 N–H and O–H groups in total. The van der Waals surface area contributed by atoms with E-state index < -0.39 is 0 Å². The van der Waals surface area contributed by atoms with Crippen LogP contribution in [0.1, 0.15) is 46.0 Å². The van der Waals surface area contributed by atoms with Gasteiger partial charge < -0.3 is 0 Å². The molecule has 0 amide bonds. The van der Waals surface area contributed by atoms with Crippen LogP contribution >= 0.6 is 0 Å². The van der Waals surface area contributed by atoms with Gasteiger partial charge in [0.25, 0.3) is 0 Å². The lowest BCUT2D eigenvalue weighted by Gasteiger charge is -2.38. The van der Waals surface area contributed by atoms with Gasteiger partial charge >= 0.3 is 0 Å². The highest BCUT2D eigenvalue weighted by molar-refractivity contribution is 4.94. The monoisotopic (exact) mass is 210 g/mol. The van der Waals surface area contributed by atoms with Crippen LogP contribution in [0.3, 0.4) is 0 Å². The average Bonchev–Trinajstić information content (AvgIpc) is 3.02. The molecule has 2 aliphatic rings. The molecule has 2 fully saturated rings. The van der Waals surface area contributed by atoms with Crippen molar-refractivity contribution in [1.29, 1.82) is 0 Å². The molecule has 0 aromatic rings. The predicted octanol–water partition coefficient (Wildman–Crippen LogP) is 3.68. The largest absolute Gasteiger partial charge is 0.230 e. The van der Waals surface area contributed by atoms with Crippen LogP contribution in [0.2, 0.25) is 0 Å². The van der Waals surface area contributed by atoms with Gasteiger partial charge in [0.05, 0.1) is 0 Å². The Labute approximate surface area is 92.6 Å². The molecule has 1 aliphatic heterocycles. The molecule has 0 spiro atoms. The van der Waals surface area contributed by atoms with Crippen molar-refractivity contribution < 1.29 is 9.78 Å². The summed E-state index contributed by atoms with van der Waals surface area (Å²) in [5.41, 5.74) is 0.155. The summed E-state index contributed by atoms with van der Waals surface area (Å²) in [6, 6.07) is 0. The predicted molar refractivity (Wildman–Crippen MR) is 60.0 cm³/mol. The van der Waals surface area contributed by atoms with Crippen LogP contribution in [0.4, 0.5) is 0 Å². The van der Waals surface area contributed by atoms with Crippen LogP contribution in [0.15, 0.2) is 12.7 Å². The third-order valence-electron chi connectivity index (χ3n) is 4.26. The minimum atomic E-state index is 0.0221. The molecule has 1 saturated heterocycles. The zero-order chi connectivity index (χ0) is 10.9. The zero-order valence-corrected chi connectivity index (χ0v) is 9.87. The first-order valence-corrected chi connectivity index (χ1v) is 6.10. The normalized spacial score (nSPS) is 35.9. The summed E-state index contributed by atoms with van der Waals surface area (Å²) in [4.78, 5) is 10.1. The summed E-state index contributed by atoms with van der Waals surface area (Å²) in [5.74, 6) is 1.63. The van der Waals surface area contributed by atoms with Crippen LogP contribution in [0.25, 0.3) is 0 Å². The Bertz CT molecular complexity index is 227. The lowest BCUT2D eigenvalue weighted by atomic mass is 9.66. The molecular formula is C13H22O2.